The Morgan fingerprint density at radius 3 is 2.79 bits per heavy atom. The Morgan fingerprint density at radius 2 is 2.16 bits per heavy atom. The maximum absolute atomic E-state index is 13.3. The monoisotopic (exact) mass is 263 g/mol. The van der Waals surface area contributed by atoms with Crippen LogP contribution < -0.4 is 0 Å². The Kier molecular flexibility index (Phi) is 3.95. The minimum atomic E-state index is -1.12. The Hall–Kier alpha value is -1.75. The SMILES string of the molecule is CCn1ncnc1CC(O)(CC)c1cccc(F)c1. The van der Waals surface area contributed by atoms with Crippen molar-refractivity contribution in [3.63, 3.8) is 0 Å². The molecule has 102 valence electrons. The van der Waals surface area contributed by atoms with Gasteiger partial charge in [-0.3, -0.25) is 4.68 Å². The fraction of sp³-hybridized carbons (Fsp3) is 0.429. The van der Waals surface area contributed by atoms with Crippen LogP contribution in [-0.4, -0.2) is 19.9 Å². The fourth-order valence-corrected chi connectivity index (χ4v) is 2.16. The van der Waals surface area contributed by atoms with Gasteiger partial charge in [0.25, 0.3) is 0 Å². The highest BCUT2D eigenvalue weighted by atomic mass is 19.1. The molecular formula is C14H18FN3O. The topological polar surface area (TPSA) is 50.9 Å². The molecule has 0 saturated heterocycles. The van der Waals surface area contributed by atoms with E-state index < -0.39 is 5.60 Å². The molecular weight excluding hydrogens is 245 g/mol. The predicted molar refractivity (Wildman–Crippen MR) is 70.0 cm³/mol. The largest absolute Gasteiger partial charge is 0.385 e. The molecule has 2 rings (SSSR count). The first-order chi connectivity index (χ1) is 9.09. The third kappa shape index (κ3) is 2.81. The van der Waals surface area contributed by atoms with Crippen molar-refractivity contribution in [3.8, 4) is 0 Å². The summed E-state index contributed by atoms with van der Waals surface area (Å²) < 4.78 is 15.0. The zero-order valence-corrected chi connectivity index (χ0v) is 11.2. The number of nitrogens with zero attached hydrogens (tertiary/aromatic N) is 3. The van der Waals surface area contributed by atoms with Gasteiger partial charge in [-0.25, -0.2) is 9.37 Å². The quantitative estimate of drug-likeness (QED) is 0.900. The Bertz CT molecular complexity index is 555. The van der Waals surface area contributed by atoms with Gasteiger partial charge in [0, 0.05) is 13.0 Å². The first kappa shape index (κ1) is 13.7. The number of aryl methyl sites for hydroxylation is 1. The van der Waals surface area contributed by atoms with Crippen LogP contribution in [0.1, 0.15) is 31.7 Å². The van der Waals surface area contributed by atoms with Gasteiger partial charge in [-0.2, -0.15) is 5.10 Å². The summed E-state index contributed by atoms with van der Waals surface area (Å²) in [6.45, 7) is 4.53. The molecule has 0 amide bonds. The average molecular weight is 263 g/mol. The van der Waals surface area contributed by atoms with Crippen LogP contribution in [0.3, 0.4) is 0 Å². The lowest BCUT2D eigenvalue weighted by atomic mass is 9.87. The van der Waals surface area contributed by atoms with E-state index in [4.69, 9.17) is 0 Å². The molecule has 0 aliphatic heterocycles. The summed E-state index contributed by atoms with van der Waals surface area (Å²) >= 11 is 0. The van der Waals surface area contributed by atoms with Crippen molar-refractivity contribution >= 4 is 0 Å². The molecule has 1 atom stereocenters. The van der Waals surface area contributed by atoms with Crippen molar-refractivity contribution in [1.82, 2.24) is 14.8 Å². The number of aliphatic hydroxyl groups is 1. The van der Waals surface area contributed by atoms with E-state index in [2.05, 4.69) is 10.1 Å². The molecule has 0 saturated carbocycles. The molecule has 4 nitrogen and oxygen atoms in total. The summed E-state index contributed by atoms with van der Waals surface area (Å²) in [5.41, 5.74) is -0.553. The third-order valence-electron chi connectivity index (χ3n) is 3.39. The minimum Gasteiger partial charge on any atom is -0.385 e. The summed E-state index contributed by atoms with van der Waals surface area (Å²) in [6, 6.07) is 6.08. The molecule has 0 fully saturated rings. The molecule has 1 aromatic heterocycles. The van der Waals surface area contributed by atoms with Crippen LogP contribution >= 0.6 is 0 Å². The first-order valence-electron chi connectivity index (χ1n) is 6.44. The lowest BCUT2D eigenvalue weighted by molar-refractivity contribution is 0.0293. The van der Waals surface area contributed by atoms with Gasteiger partial charge in [0.2, 0.25) is 0 Å². The summed E-state index contributed by atoms with van der Waals surface area (Å²) in [5, 5.41) is 14.8. The second kappa shape index (κ2) is 5.48. The summed E-state index contributed by atoms with van der Waals surface area (Å²) in [6.07, 6.45) is 2.27. The molecule has 0 radical (unpaired) electrons. The van der Waals surface area contributed by atoms with Crippen LogP contribution in [0.15, 0.2) is 30.6 Å². The number of aromatic nitrogens is 3. The van der Waals surface area contributed by atoms with Gasteiger partial charge in [-0.1, -0.05) is 19.1 Å². The van der Waals surface area contributed by atoms with Crippen LogP contribution in [0.2, 0.25) is 0 Å². The van der Waals surface area contributed by atoms with E-state index in [1.807, 2.05) is 13.8 Å². The van der Waals surface area contributed by atoms with Crippen LogP contribution in [0.4, 0.5) is 4.39 Å². The smallest absolute Gasteiger partial charge is 0.138 e. The molecule has 0 bridgehead atoms. The number of rotatable bonds is 5. The summed E-state index contributed by atoms with van der Waals surface area (Å²) in [5.74, 6) is 0.359. The van der Waals surface area contributed by atoms with Gasteiger partial charge in [0.05, 0.1) is 5.60 Å². The van der Waals surface area contributed by atoms with Gasteiger partial charge in [-0.15, -0.1) is 0 Å². The molecule has 1 unspecified atom stereocenters. The van der Waals surface area contributed by atoms with E-state index in [0.717, 1.165) is 0 Å². The van der Waals surface area contributed by atoms with E-state index in [1.54, 1.807) is 16.8 Å². The van der Waals surface area contributed by atoms with Crippen LogP contribution in [0.25, 0.3) is 0 Å². The zero-order chi connectivity index (χ0) is 13.9. The highest BCUT2D eigenvalue weighted by molar-refractivity contribution is 5.24. The number of hydrogen-bond acceptors (Lipinski definition) is 3. The molecule has 0 spiro atoms. The molecule has 0 aliphatic carbocycles. The standard InChI is InChI=1S/C14H18FN3O/c1-3-14(19,11-6-5-7-12(15)8-11)9-13-16-10-17-18(13)4-2/h5-8,10,19H,3-4,9H2,1-2H3. The minimum absolute atomic E-state index is 0.320. The maximum Gasteiger partial charge on any atom is 0.138 e. The normalized spacial score (nSPS) is 14.3. The summed E-state index contributed by atoms with van der Waals surface area (Å²) in [4.78, 5) is 4.17. The molecule has 0 aliphatic rings. The van der Waals surface area contributed by atoms with E-state index in [-0.39, 0.29) is 5.82 Å². The van der Waals surface area contributed by atoms with E-state index in [9.17, 15) is 9.50 Å². The lowest BCUT2D eigenvalue weighted by Crippen LogP contribution is -2.29. The molecule has 19 heavy (non-hydrogen) atoms. The third-order valence-corrected chi connectivity index (χ3v) is 3.39. The zero-order valence-electron chi connectivity index (χ0n) is 11.2. The van der Waals surface area contributed by atoms with E-state index in [0.29, 0.717) is 30.8 Å². The van der Waals surface area contributed by atoms with E-state index in [1.165, 1.54) is 18.5 Å². The number of halogens is 1. The second-order valence-electron chi connectivity index (χ2n) is 4.56. The highest BCUT2D eigenvalue weighted by Gasteiger charge is 2.29. The molecule has 2 aromatic rings. The first-order valence-corrected chi connectivity index (χ1v) is 6.44. The van der Waals surface area contributed by atoms with Crippen molar-refractivity contribution in [1.29, 1.82) is 0 Å². The second-order valence-corrected chi connectivity index (χ2v) is 4.56. The van der Waals surface area contributed by atoms with Gasteiger partial charge in [0.1, 0.15) is 18.0 Å². The summed E-state index contributed by atoms with van der Waals surface area (Å²) in [7, 11) is 0. The Morgan fingerprint density at radius 1 is 1.37 bits per heavy atom. The Balaban J connectivity index is 2.33. The fourth-order valence-electron chi connectivity index (χ4n) is 2.16. The van der Waals surface area contributed by atoms with Gasteiger partial charge in [-0.05, 0) is 31.0 Å². The van der Waals surface area contributed by atoms with Crippen LogP contribution in [-0.2, 0) is 18.6 Å². The van der Waals surface area contributed by atoms with Crippen molar-refractivity contribution < 1.29 is 9.50 Å². The average Bonchev–Trinajstić information content (AvgIpc) is 2.85. The molecule has 5 heteroatoms. The lowest BCUT2D eigenvalue weighted by Gasteiger charge is -2.27. The molecule has 1 N–H and O–H groups in total. The van der Waals surface area contributed by atoms with Crippen LogP contribution in [0.5, 0.6) is 0 Å². The van der Waals surface area contributed by atoms with E-state index >= 15 is 0 Å². The number of hydrogen-bond donors (Lipinski definition) is 1. The highest BCUT2D eigenvalue weighted by Crippen LogP contribution is 2.29. The maximum atomic E-state index is 13.3. The van der Waals surface area contributed by atoms with Crippen molar-refractivity contribution in [3.05, 3.63) is 47.8 Å². The van der Waals surface area contributed by atoms with Crippen LogP contribution in [0, 0.1) is 5.82 Å². The predicted octanol–water partition coefficient (Wildman–Crippen LogP) is 2.28. The van der Waals surface area contributed by atoms with Crippen molar-refractivity contribution in [2.24, 2.45) is 0 Å². The molecule has 1 heterocycles. The van der Waals surface area contributed by atoms with Crippen molar-refractivity contribution in [2.45, 2.75) is 38.8 Å². The van der Waals surface area contributed by atoms with Gasteiger partial charge >= 0.3 is 0 Å². The van der Waals surface area contributed by atoms with Gasteiger partial charge < -0.3 is 5.11 Å². The van der Waals surface area contributed by atoms with Gasteiger partial charge in [0.15, 0.2) is 0 Å². The number of benzene rings is 1. The Labute approximate surface area is 111 Å². The van der Waals surface area contributed by atoms with Crippen molar-refractivity contribution in [2.75, 3.05) is 0 Å². The molecule has 1 aromatic carbocycles.